The van der Waals surface area contributed by atoms with Gasteiger partial charge in [-0.3, -0.25) is 4.72 Å². The topological polar surface area (TPSA) is 105 Å². The Morgan fingerprint density at radius 3 is 2.31 bits per heavy atom. The van der Waals surface area contributed by atoms with Crippen LogP contribution in [-0.2, 0) is 10.0 Å². The molecule has 3 rings (SSSR count). The summed E-state index contributed by atoms with van der Waals surface area (Å²) in [5.41, 5.74) is 1.21. The molecular formula is C20H23N5O3S. The highest BCUT2D eigenvalue weighted by Crippen LogP contribution is 2.26. The zero-order valence-corrected chi connectivity index (χ0v) is 17.2. The number of hydrogen-bond acceptors (Lipinski definition) is 7. The Morgan fingerprint density at radius 2 is 1.62 bits per heavy atom. The number of methoxy groups -OCH3 is 1. The Morgan fingerprint density at radius 1 is 0.966 bits per heavy atom. The first-order valence-corrected chi connectivity index (χ1v) is 10.5. The van der Waals surface area contributed by atoms with E-state index in [1.807, 2.05) is 19.9 Å². The minimum atomic E-state index is -3.77. The number of aromatic nitrogens is 2. The highest BCUT2D eigenvalue weighted by atomic mass is 32.2. The third kappa shape index (κ3) is 5.14. The summed E-state index contributed by atoms with van der Waals surface area (Å²) in [6, 6.07) is 15.2. The maximum absolute atomic E-state index is 12.7. The molecule has 0 unspecified atom stereocenters. The van der Waals surface area contributed by atoms with Crippen molar-refractivity contribution < 1.29 is 13.2 Å². The van der Waals surface area contributed by atoms with Crippen LogP contribution in [0.4, 0.5) is 23.0 Å². The van der Waals surface area contributed by atoms with E-state index in [4.69, 9.17) is 4.74 Å². The van der Waals surface area contributed by atoms with Crippen LogP contribution in [-0.4, -0.2) is 32.0 Å². The fraction of sp³-hybridized carbons (Fsp3) is 0.200. The number of nitrogens with zero attached hydrogens (tertiary/aromatic N) is 2. The van der Waals surface area contributed by atoms with Crippen LogP contribution < -0.4 is 20.1 Å². The molecule has 29 heavy (non-hydrogen) atoms. The van der Waals surface area contributed by atoms with Crippen LogP contribution in [0, 0.1) is 6.92 Å². The van der Waals surface area contributed by atoms with Gasteiger partial charge in [-0.2, -0.15) is 0 Å². The predicted molar refractivity (Wildman–Crippen MR) is 114 cm³/mol. The molecule has 9 heteroatoms. The van der Waals surface area contributed by atoms with Gasteiger partial charge in [0.1, 0.15) is 28.1 Å². The van der Waals surface area contributed by atoms with Gasteiger partial charge in [0.2, 0.25) is 0 Å². The molecule has 2 aromatic carbocycles. The highest BCUT2D eigenvalue weighted by Gasteiger charge is 2.19. The van der Waals surface area contributed by atoms with Crippen molar-refractivity contribution in [1.29, 1.82) is 0 Å². The molecule has 0 aliphatic rings. The van der Waals surface area contributed by atoms with Crippen molar-refractivity contribution in [3.05, 3.63) is 60.4 Å². The number of ether oxygens (including phenoxy) is 1. The molecule has 0 saturated carbocycles. The van der Waals surface area contributed by atoms with Crippen molar-refractivity contribution in [1.82, 2.24) is 9.97 Å². The summed E-state index contributed by atoms with van der Waals surface area (Å²) < 4.78 is 33.0. The Balaban J connectivity index is 1.75. The smallest absolute Gasteiger partial charge is 0.265 e. The van der Waals surface area contributed by atoms with Gasteiger partial charge in [0, 0.05) is 24.0 Å². The van der Waals surface area contributed by atoms with Crippen LogP contribution in [0.15, 0.2) is 59.5 Å². The Kier molecular flexibility index (Phi) is 6.18. The highest BCUT2D eigenvalue weighted by molar-refractivity contribution is 7.92. The van der Waals surface area contributed by atoms with Crippen molar-refractivity contribution in [2.45, 2.75) is 18.7 Å². The SMILES string of the molecule is CCNc1cc(Nc2ccc(NS(=O)(=O)c3ccccc3OC)cc2)nc(C)n1. The van der Waals surface area contributed by atoms with Gasteiger partial charge < -0.3 is 15.4 Å². The van der Waals surface area contributed by atoms with Gasteiger partial charge in [0.05, 0.1) is 7.11 Å². The summed E-state index contributed by atoms with van der Waals surface area (Å²) in [5.74, 6) is 2.32. The van der Waals surface area contributed by atoms with E-state index in [0.29, 0.717) is 17.3 Å². The first-order valence-electron chi connectivity index (χ1n) is 9.04. The maximum Gasteiger partial charge on any atom is 0.265 e. The molecule has 0 amide bonds. The van der Waals surface area contributed by atoms with E-state index in [2.05, 4.69) is 25.3 Å². The Hall–Kier alpha value is -3.33. The van der Waals surface area contributed by atoms with Crippen LogP contribution in [0.25, 0.3) is 0 Å². The second-order valence-electron chi connectivity index (χ2n) is 6.17. The number of para-hydroxylation sites is 1. The average Bonchev–Trinajstić information content (AvgIpc) is 2.69. The van der Waals surface area contributed by atoms with Gasteiger partial charge in [-0.15, -0.1) is 0 Å². The van der Waals surface area contributed by atoms with E-state index < -0.39 is 10.0 Å². The second kappa shape index (κ2) is 8.78. The maximum atomic E-state index is 12.7. The van der Waals surface area contributed by atoms with Crippen LogP contribution in [0.5, 0.6) is 5.75 Å². The Labute approximate surface area is 170 Å². The number of sulfonamides is 1. The monoisotopic (exact) mass is 413 g/mol. The lowest BCUT2D eigenvalue weighted by Crippen LogP contribution is -2.14. The fourth-order valence-electron chi connectivity index (χ4n) is 2.72. The molecule has 0 atom stereocenters. The molecule has 0 bridgehead atoms. The lowest BCUT2D eigenvalue weighted by molar-refractivity contribution is 0.403. The zero-order valence-electron chi connectivity index (χ0n) is 16.4. The van der Waals surface area contributed by atoms with Crippen molar-refractivity contribution in [2.75, 3.05) is 29.0 Å². The lowest BCUT2D eigenvalue weighted by atomic mass is 10.3. The minimum Gasteiger partial charge on any atom is -0.495 e. The molecule has 152 valence electrons. The molecule has 0 fully saturated rings. The van der Waals surface area contributed by atoms with E-state index in [9.17, 15) is 8.42 Å². The van der Waals surface area contributed by atoms with Crippen molar-refractivity contribution in [3.63, 3.8) is 0 Å². The number of benzene rings is 2. The summed E-state index contributed by atoms with van der Waals surface area (Å²) in [4.78, 5) is 8.76. The number of hydrogen-bond donors (Lipinski definition) is 3. The number of anilines is 4. The largest absolute Gasteiger partial charge is 0.495 e. The number of nitrogens with one attached hydrogen (secondary N) is 3. The molecule has 0 radical (unpaired) electrons. The van der Waals surface area contributed by atoms with E-state index in [0.717, 1.165) is 18.1 Å². The third-order valence-corrected chi connectivity index (χ3v) is 5.38. The van der Waals surface area contributed by atoms with Gasteiger partial charge in [-0.05, 0) is 50.2 Å². The van der Waals surface area contributed by atoms with Crippen molar-refractivity contribution in [2.24, 2.45) is 0 Å². The minimum absolute atomic E-state index is 0.0807. The molecule has 0 saturated heterocycles. The summed E-state index contributed by atoms with van der Waals surface area (Å²) in [5, 5.41) is 6.35. The van der Waals surface area contributed by atoms with Gasteiger partial charge in [-0.25, -0.2) is 18.4 Å². The first-order chi connectivity index (χ1) is 13.9. The zero-order chi connectivity index (χ0) is 20.9. The van der Waals surface area contributed by atoms with E-state index in [-0.39, 0.29) is 10.6 Å². The van der Waals surface area contributed by atoms with E-state index in [1.54, 1.807) is 42.5 Å². The molecule has 0 spiro atoms. The lowest BCUT2D eigenvalue weighted by Gasteiger charge is -2.12. The fourth-order valence-corrected chi connectivity index (χ4v) is 3.95. The predicted octanol–water partition coefficient (Wildman–Crippen LogP) is 3.77. The Bertz CT molecular complexity index is 1090. The molecule has 3 N–H and O–H groups in total. The molecule has 8 nitrogen and oxygen atoms in total. The standard InChI is InChI=1S/C20H23N5O3S/c1-4-21-19-13-20(23-14(2)22-19)24-15-9-11-16(12-10-15)25-29(26,27)18-8-6-5-7-17(18)28-3/h5-13,25H,4H2,1-3H3,(H2,21,22,23,24). The second-order valence-corrected chi connectivity index (χ2v) is 7.83. The average molecular weight is 414 g/mol. The van der Waals surface area contributed by atoms with Gasteiger partial charge in [-0.1, -0.05) is 12.1 Å². The van der Waals surface area contributed by atoms with Crippen molar-refractivity contribution >= 4 is 33.0 Å². The molecule has 3 aromatic rings. The molecule has 1 aromatic heterocycles. The van der Waals surface area contributed by atoms with Crippen LogP contribution in [0.3, 0.4) is 0 Å². The molecule has 1 heterocycles. The molecule has 0 aliphatic carbocycles. The first kappa shape index (κ1) is 20.4. The van der Waals surface area contributed by atoms with Crippen LogP contribution >= 0.6 is 0 Å². The summed E-state index contributed by atoms with van der Waals surface area (Å²) in [6.45, 7) is 4.58. The summed E-state index contributed by atoms with van der Waals surface area (Å²) in [6.07, 6.45) is 0. The van der Waals surface area contributed by atoms with Gasteiger partial charge in [0.15, 0.2) is 0 Å². The van der Waals surface area contributed by atoms with Gasteiger partial charge in [0.25, 0.3) is 10.0 Å². The normalized spacial score (nSPS) is 11.0. The van der Waals surface area contributed by atoms with E-state index >= 15 is 0 Å². The number of aryl methyl sites for hydroxylation is 1. The molecular weight excluding hydrogens is 390 g/mol. The number of rotatable bonds is 8. The summed E-state index contributed by atoms with van der Waals surface area (Å²) >= 11 is 0. The molecule has 0 aliphatic heterocycles. The van der Waals surface area contributed by atoms with Gasteiger partial charge >= 0.3 is 0 Å². The summed E-state index contributed by atoms with van der Waals surface area (Å²) in [7, 11) is -2.33. The third-order valence-electron chi connectivity index (χ3n) is 3.96. The van der Waals surface area contributed by atoms with Crippen molar-refractivity contribution in [3.8, 4) is 5.75 Å². The quantitative estimate of drug-likeness (QED) is 0.516. The van der Waals surface area contributed by atoms with Crippen LogP contribution in [0.2, 0.25) is 0 Å². The van der Waals surface area contributed by atoms with Crippen LogP contribution in [0.1, 0.15) is 12.7 Å². The van der Waals surface area contributed by atoms with E-state index in [1.165, 1.54) is 13.2 Å².